The molecule has 4 aromatic rings. The lowest BCUT2D eigenvalue weighted by Crippen LogP contribution is -2.41. The van der Waals surface area contributed by atoms with Crippen LogP contribution in [0, 0.1) is 5.92 Å². The molecule has 0 saturated carbocycles. The number of nitrogens with zero attached hydrogens (tertiary/aromatic N) is 3. The van der Waals surface area contributed by atoms with E-state index < -0.39 is 6.09 Å². The van der Waals surface area contributed by atoms with E-state index in [1.807, 2.05) is 32.0 Å². The molecule has 3 aromatic heterocycles. The van der Waals surface area contributed by atoms with Gasteiger partial charge in [-0.1, -0.05) is 13.8 Å². The first kappa shape index (κ1) is 23.8. The number of carboxylic acid groups (broad SMARTS) is 1. The van der Waals surface area contributed by atoms with Gasteiger partial charge in [-0.2, -0.15) is 0 Å². The van der Waals surface area contributed by atoms with Crippen molar-refractivity contribution < 1.29 is 24.1 Å². The number of carbonyl (C=O) groups is 1. The zero-order valence-corrected chi connectivity index (χ0v) is 19.9. The topological polar surface area (TPSA) is 142 Å². The predicted molar refractivity (Wildman–Crippen MR) is 133 cm³/mol. The van der Waals surface area contributed by atoms with Gasteiger partial charge in [0.15, 0.2) is 11.5 Å². The Bertz CT molecular complexity index is 1390. The summed E-state index contributed by atoms with van der Waals surface area (Å²) in [6.45, 7) is 4.01. The highest BCUT2D eigenvalue weighted by molar-refractivity contribution is 6.10. The Hall–Kier alpha value is -4.34. The van der Waals surface area contributed by atoms with Gasteiger partial charge >= 0.3 is 6.09 Å². The lowest BCUT2D eigenvalue weighted by atomic mass is 10.0. The van der Waals surface area contributed by atoms with Gasteiger partial charge in [0.1, 0.15) is 18.2 Å². The lowest BCUT2D eigenvalue weighted by Gasteiger charge is -2.21. The molecule has 0 aliphatic rings. The van der Waals surface area contributed by atoms with Crippen LogP contribution >= 0.6 is 0 Å². The third-order valence-corrected chi connectivity index (χ3v) is 5.76. The van der Waals surface area contributed by atoms with Crippen molar-refractivity contribution in [3.63, 3.8) is 0 Å². The van der Waals surface area contributed by atoms with Crippen LogP contribution in [-0.2, 0) is 0 Å². The normalized spacial score (nSPS) is 12.0. The van der Waals surface area contributed by atoms with E-state index in [-0.39, 0.29) is 18.6 Å². The molecule has 0 unspecified atom stereocenters. The molecule has 0 fully saturated rings. The standard InChI is InChI=1S/C25H27N5O5/c1-13(2)21(30-25(31)32)12-35-15-5-14(9-27-10-15)19-6-16-17-7-22(33-3)23(34-4)8-20(17)28-11-18(16)24(26)29-19/h5-11,13,21,30H,12H2,1-4H3,(H2,26,29)(H,31,32)/t21-/m0/s1. The quantitative estimate of drug-likeness (QED) is 0.319. The van der Waals surface area contributed by atoms with Gasteiger partial charge in [-0.25, -0.2) is 9.78 Å². The Balaban J connectivity index is 1.73. The minimum absolute atomic E-state index is 0.0571. The summed E-state index contributed by atoms with van der Waals surface area (Å²) in [6, 6.07) is 7.04. The Morgan fingerprint density at radius 2 is 1.77 bits per heavy atom. The highest BCUT2D eigenvalue weighted by Gasteiger charge is 2.17. The van der Waals surface area contributed by atoms with E-state index in [1.54, 1.807) is 38.9 Å². The average molecular weight is 478 g/mol. The van der Waals surface area contributed by atoms with Crippen molar-refractivity contribution in [1.82, 2.24) is 20.3 Å². The molecule has 35 heavy (non-hydrogen) atoms. The first-order chi connectivity index (χ1) is 16.8. The molecule has 1 amide bonds. The Labute approximate surface area is 202 Å². The van der Waals surface area contributed by atoms with E-state index in [0.717, 1.165) is 16.3 Å². The number of ether oxygens (including phenoxy) is 3. The van der Waals surface area contributed by atoms with Crippen LogP contribution in [0.2, 0.25) is 0 Å². The maximum absolute atomic E-state index is 11.1. The second-order valence-corrected chi connectivity index (χ2v) is 8.36. The van der Waals surface area contributed by atoms with Crippen molar-refractivity contribution in [3.05, 3.63) is 42.9 Å². The lowest BCUT2D eigenvalue weighted by molar-refractivity contribution is 0.171. The number of hydrogen-bond donors (Lipinski definition) is 3. The van der Waals surface area contributed by atoms with E-state index in [9.17, 15) is 4.79 Å². The molecule has 182 valence electrons. The van der Waals surface area contributed by atoms with E-state index in [4.69, 9.17) is 25.1 Å². The summed E-state index contributed by atoms with van der Waals surface area (Å²) in [5, 5.41) is 13.9. The number of methoxy groups -OCH3 is 2. The number of amides is 1. The smallest absolute Gasteiger partial charge is 0.405 e. The fourth-order valence-corrected chi connectivity index (χ4v) is 3.79. The van der Waals surface area contributed by atoms with Gasteiger partial charge in [0, 0.05) is 34.8 Å². The third-order valence-electron chi connectivity index (χ3n) is 5.76. The molecule has 1 atom stereocenters. The zero-order chi connectivity index (χ0) is 25.1. The van der Waals surface area contributed by atoms with E-state index >= 15 is 0 Å². The van der Waals surface area contributed by atoms with Gasteiger partial charge in [-0.15, -0.1) is 0 Å². The summed E-state index contributed by atoms with van der Waals surface area (Å²) in [5.41, 5.74) is 8.35. The summed E-state index contributed by atoms with van der Waals surface area (Å²) in [4.78, 5) is 24.4. The van der Waals surface area contributed by atoms with Crippen LogP contribution in [0.3, 0.4) is 0 Å². The molecule has 0 bridgehead atoms. The number of nitrogens with two attached hydrogens (primary N) is 1. The van der Waals surface area contributed by atoms with Crippen LogP contribution in [-0.4, -0.2) is 53.0 Å². The van der Waals surface area contributed by atoms with Gasteiger partial charge in [0.2, 0.25) is 0 Å². The van der Waals surface area contributed by atoms with Gasteiger partial charge in [0.05, 0.1) is 37.7 Å². The maximum Gasteiger partial charge on any atom is 0.405 e. The SMILES string of the molecule is COc1cc2ncc3c(N)nc(-c4cncc(OC[C@H](NC(=O)O)C(C)C)c4)cc3c2cc1OC. The molecule has 0 aliphatic carbocycles. The van der Waals surface area contributed by atoms with Crippen LogP contribution in [0.4, 0.5) is 10.6 Å². The molecule has 0 saturated heterocycles. The van der Waals surface area contributed by atoms with E-state index in [0.29, 0.717) is 39.7 Å². The summed E-state index contributed by atoms with van der Waals surface area (Å²) in [5.74, 6) is 2.05. The Morgan fingerprint density at radius 3 is 2.46 bits per heavy atom. The number of aromatic nitrogens is 3. The van der Waals surface area contributed by atoms with E-state index in [1.165, 1.54) is 0 Å². The molecular formula is C25H27N5O5. The summed E-state index contributed by atoms with van der Waals surface area (Å²) < 4.78 is 16.7. The largest absolute Gasteiger partial charge is 0.493 e. The molecule has 10 heteroatoms. The van der Waals surface area contributed by atoms with E-state index in [2.05, 4.69) is 20.3 Å². The predicted octanol–water partition coefficient (Wildman–Crippen LogP) is 4.12. The molecule has 0 aliphatic heterocycles. The number of anilines is 1. The molecule has 1 aromatic carbocycles. The fraction of sp³-hybridized carbons (Fsp3) is 0.280. The number of benzene rings is 1. The summed E-state index contributed by atoms with van der Waals surface area (Å²) in [6.07, 6.45) is 3.84. The van der Waals surface area contributed by atoms with Crippen molar-refractivity contribution in [3.8, 4) is 28.5 Å². The molecule has 4 rings (SSSR count). The molecule has 0 spiro atoms. The van der Waals surface area contributed by atoms with Crippen LogP contribution in [0.5, 0.6) is 17.2 Å². The first-order valence-electron chi connectivity index (χ1n) is 11.0. The molecule has 0 radical (unpaired) electrons. The second kappa shape index (κ2) is 9.88. The Morgan fingerprint density at radius 1 is 1.03 bits per heavy atom. The van der Waals surface area contributed by atoms with Gasteiger partial charge in [-0.05, 0) is 29.5 Å². The maximum atomic E-state index is 11.1. The number of hydrogen-bond acceptors (Lipinski definition) is 8. The summed E-state index contributed by atoms with van der Waals surface area (Å²) >= 11 is 0. The molecule has 3 heterocycles. The minimum Gasteiger partial charge on any atom is -0.493 e. The number of nitrogen functional groups attached to an aromatic ring is 1. The number of rotatable bonds is 8. The van der Waals surface area contributed by atoms with Crippen molar-refractivity contribution in [1.29, 1.82) is 0 Å². The first-order valence-corrected chi connectivity index (χ1v) is 11.0. The molecule has 4 N–H and O–H groups in total. The third kappa shape index (κ3) is 4.96. The highest BCUT2D eigenvalue weighted by atomic mass is 16.5. The number of fused-ring (bicyclic) bond motifs is 3. The van der Waals surface area contributed by atoms with Crippen LogP contribution in [0.1, 0.15) is 13.8 Å². The minimum atomic E-state index is -1.09. The van der Waals surface area contributed by atoms with Crippen molar-refractivity contribution >= 4 is 33.6 Å². The fourth-order valence-electron chi connectivity index (χ4n) is 3.79. The van der Waals surface area contributed by atoms with Crippen molar-refractivity contribution in [2.75, 3.05) is 26.6 Å². The summed E-state index contributed by atoms with van der Waals surface area (Å²) in [7, 11) is 3.16. The van der Waals surface area contributed by atoms with Crippen LogP contribution in [0.15, 0.2) is 42.9 Å². The molecule has 10 nitrogen and oxygen atoms in total. The number of pyridine rings is 3. The van der Waals surface area contributed by atoms with Gasteiger partial charge < -0.3 is 30.4 Å². The molecular weight excluding hydrogens is 450 g/mol. The number of nitrogens with one attached hydrogen (secondary N) is 1. The highest BCUT2D eigenvalue weighted by Crippen LogP contribution is 2.37. The monoisotopic (exact) mass is 477 g/mol. The zero-order valence-electron chi connectivity index (χ0n) is 19.9. The van der Waals surface area contributed by atoms with Gasteiger partial charge in [0.25, 0.3) is 0 Å². The van der Waals surface area contributed by atoms with Crippen LogP contribution in [0.25, 0.3) is 32.9 Å². The Kier molecular flexibility index (Phi) is 6.72. The average Bonchev–Trinajstić information content (AvgIpc) is 2.85. The second-order valence-electron chi connectivity index (χ2n) is 8.36. The van der Waals surface area contributed by atoms with Crippen molar-refractivity contribution in [2.45, 2.75) is 19.9 Å². The van der Waals surface area contributed by atoms with Crippen LogP contribution < -0.4 is 25.3 Å². The van der Waals surface area contributed by atoms with Crippen molar-refractivity contribution in [2.24, 2.45) is 5.92 Å². The van der Waals surface area contributed by atoms with Gasteiger partial charge in [-0.3, -0.25) is 9.97 Å².